The Morgan fingerprint density at radius 1 is 1.25 bits per heavy atom. The van der Waals surface area contributed by atoms with E-state index in [1.807, 2.05) is 31.2 Å². The van der Waals surface area contributed by atoms with Crippen LogP contribution in [0.3, 0.4) is 0 Å². The second-order valence-electron chi connectivity index (χ2n) is 3.79. The SMILES string of the molecule is C=C(/C=C\C=C/C)NC(C)(C)C. The Kier molecular flexibility index (Phi) is 4.42. The van der Waals surface area contributed by atoms with Crippen LogP contribution >= 0.6 is 0 Å². The van der Waals surface area contributed by atoms with Crippen LogP contribution in [0, 0.1) is 0 Å². The Labute approximate surface area is 75.9 Å². The van der Waals surface area contributed by atoms with Crippen molar-refractivity contribution in [3.05, 3.63) is 36.6 Å². The molecule has 1 nitrogen and oxygen atoms in total. The van der Waals surface area contributed by atoms with Crippen molar-refractivity contribution in [3.63, 3.8) is 0 Å². The highest BCUT2D eigenvalue weighted by Gasteiger charge is 2.07. The van der Waals surface area contributed by atoms with Crippen LogP contribution in [0.1, 0.15) is 27.7 Å². The lowest BCUT2D eigenvalue weighted by atomic mass is 10.1. The highest BCUT2D eigenvalue weighted by molar-refractivity contribution is 5.18. The van der Waals surface area contributed by atoms with Crippen molar-refractivity contribution in [3.8, 4) is 0 Å². The molecule has 0 bridgehead atoms. The highest BCUT2D eigenvalue weighted by atomic mass is 14.9. The Morgan fingerprint density at radius 2 is 1.83 bits per heavy atom. The topological polar surface area (TPSA) is 12.0 Å². The van der Waals surface area contributed by atoms with Gasteiger partial charge >= 0.3 is 0 Å². The zero-order chi connectivity index (χ0) is 9.61. The minimum atomic E-state index is 0.0946. The molecule has 0 rings (SSSR count). The molecule has 0 aromatic carbocycles. The lowest BCUT2D eigenvalue weighted by molar-refractivity contribution is 0.480. The molecule has 0 heterocycles. The van der Waals surface area contributed by atoms with Gasteiger partial charge in [-0.3, -0.25) is 0 Å². The second kappa shape index (κ2) is 4.81. The number of allylic oxidation sites excluding steroid dienone is 4. The van der Waals surface area contributed by atoms with Crippen molar-refractivity contribution in [2.75, 3.05) is 0 Å². The van der Waals surface area contributed by atoms with Gasteiger partial charge in [-0.05, 0) is 33.8 Å². The molecule has 0 fully saturated rings. The van der Waals surface area contributed by atoms with E-state index in [1.165, 1.54) is 0 Å². The molecule has 1 N–H and O–H groups in total. The molecule has 0 saturated heterocycles. The summed E-state index contributed by atoms with van der Waals surface area (Å²) < 4.78 is 0. The van der Waals surface area contributed by atoms with Crippen LogP contribution in [-0.4, -0.2) is 5.54 Å². The first-order chi connectivity index (χ1) is 5.45. The average Bonchev–Trinajstić information content (AvgIpc) is 1.84. The van der Waals surface area contributed by atoms with Crippen LogP contribution in [0.5, 0.6) is 0 Å². The van der Waals surface area contributed by atoms with E-state index in [9.17, 15) is 0 Å². The van der Waals surface area contributed by atoms with Crippen molar-refractivity contribution in [1.82, 2.24) is 5.32 Å². The van der Waals surface area contributed by atoms with E-state index in [0.29, 0.717) is 0 Å². The van der Waals surface area contributed by atoms with Crippen molar-refractivity contribution >= 4 is 0 Å². The largest absolute Gasteiger partial charge is 0.381 e. The minimum absolute atomic E-state index is 0.0946. The summed E-state index contributed by atoms with van der Waals surface area (Å²) >= 11 is 0. The van der Waals surface area contributed by atoms with E-state index >= 15 is 0 Å². The third-order valence-electron chi connectivity index (χ3n) is 1.14. The predicted molar refractivity (Wildman–Crippen MR) is 56.0 cm³/mol. The zero-order valence-corrected chi connectivity index (χ0v) is 8.52. The highest BCUT2D eigenvalue weighted by Crippen LogP contribution is 2.02. The molecule has 0 unspecified atom stereocenters. The summed E-state index contributed by atoms with van der Waals surface area (Å²) in [6.07, 6.45) is 7.91. The Hall–Kier alpha value is -0.980. The molecule has 0 aliphatic heterocycles. The molecule has 0 aromatic heterocycles. The molecule has 0 radical (unpaired) electrons. The molecule has 68 valence electrons. The molecule has 0 spiro atoms. The van der Waals surface area contributed by atoms with Crippen molar-refractivity contribution in [2.45, 2.75) is 33.2 Å². The average molecular weight is 165 g/mol. The first-order valence-corrected chi connectivity index (χ1v) is 4.22. The number of hydrogen-bond acceptors (Lipinski definition) is 1. The smallest absolute Gasteiger partial charge is 0.0289 e. The second-order valence-corrected chi connectivity index (χ2v) is 3.79. The van der Waals surface area contributed by atoms with Gasteiger partial charge in [-0.1, -0.05) is 24.8 Å². The Bertz CT molecular complexity index is 192. The quantitative estimate of drug-likeness (QED) is 0.634. The molecular weight excluding hydrogens is 146 g/mol. The molecule has 0 amide bonds. The fourth-order valence-corrected chi connectivity index (χ4v) is 0.806. The Morgan fingerprint density at radius 3 is 2.25 bits per heavy atom. The van der Waals surface area contributed by atoms with Crippen LogP contribution in [0.2, 0.25) is 0 Å². The number of rotatable bonds is 3. The maximum Gasteiger partial charge on any atom is 0.0289 e. The van der Waals surface area contributed by atoms with Gasteiger partial charge in [-0.15, -0.1) is 0 Å². The van der Waals surface area contributed by atoms with Crippen molar-refractivity contribution in [2.24, 2.45) is 0 Å². The molecule has 0 atom stereocenters. The summed E-state index contributed by atoms with van der Waals surface area (Å²) in [7, 11) is 0. The summed E-state index contributed by atoms with van der Waals surface area (Å²) in [4.78, 5) is 0. The summed E-state index contributed by atoms with van der Waals surface area (Å²) in [5.74, 6) is 0. The first-order valence-electron chi connectivity index (χ1n) is 4.22. The predicted octanol–water partition coefficient (Wildman–Crippen LogP) is 3.02. The van der Waals surface area contributed by atoms with Crippen LogP contribution < -0.4 is 5.32 Å². The van der Waals surface area contributed by atoms with Crippen LogP contribution in [0.4, 0.5) is 0 Å². The number of hydrogen-bond donors (Lipinski definition) is 1. The van der Waals surface area contributed by atoms with Crippen molar-refractivity contribution in [1.29, 1.82) is 0 Å². The molecule has 12 heavy (non-hydrogen) atoms. The molecule has 0 aliphatic carbocycles. The van der Waals surface area contributed by atoms with E-state index in [-0.39, 0.29) is 5.54 Å². The summed E-state index contributed by atoms with van der Waals surface area (Å²) in [5.41, 5.74) is 1.04. The minimum Gasteiger partial charge on any atom is -0.381 e. The van der Waals surface area contributed by atoms with Gasteiger partial charge in [-0.2, -0.15) is 0 Å². The first kappa shape index (κ1) is 11.0. The lowest BCUT2D eigenvalue weighted by Crippen LogP contribution is -2.33. The fraction of sp³-hybridized carbons (Fsp3) is 0.455. The summed E-state index contributed by atoms with van der Waals surface area (Å²) in [6.45, 7) is 12.2. The van der Waals surface area contributed by atoms with Gasteiger partial charge in [-0.25, -0.2) is 0 Å². The van der Waals surface area contributed by atoms with Crippen molar-refractivity contribution < 1.29 is 0 Å². The van der Waals surface area contributed by atoms with Crippen LogP contribution in [0.15, 0.2) is 36.6 Å². The fourth-order valence-electron chi connectivity index (χ4n) is 0.806. The normalized spacial score (nSPS) is 12.7. The van der Waals surface area contributed by atoms with E-state index in [4.69, 9.17) is 0 Å². The van der Waals surface area contributed by atoms with E-state index in [2.05, 4.69) is 32.7 Å². The van der Waals surface area contributed by atoms with Crippen LogP contribution in [0.25, 0.3) is 0 Å². The van der Waals surface area contributed by atoms with Gasteiger partial charge < -0.3 is 5.32 Å². The standard InChI is InChI=1S/C11H19N/c1-6-7-8-9-10(2)12-11(3,4)5/h6-9,12H,2H2,1,3-5H3/b7-6-,9-8-. The van der Waals surface area contributed by atoms with Gasteiger partial charge in [0.15, 0.2) is 0 Å². The molecule has 0 aliphatic rings. The van der Waals surface area contributed by atoms with Gasteiger partial charge in [0.05, 0.1) is 0 Å². The van der Waals surface area contributed by atoms with Crippen LogP contribution in [-0.2, 0) is 0 Å². The maximum atomic E-state index is 3.88. The van der Waals surface area contributed by atoms with E-state index in [1.54, 1.807) is 0 Å². The van der Waals surface area contributed by atoms with Gasteiger partial charge in [0.2, 0.25) is 0 Å². The third kappa shape index (κ3) is 7.13. The molecule has 0 aromatic rings. The summed E-state index contributed by atoms with van der Waals surface area (Å²) in [6, 6.07) is 0. The summed E-state index contributed by atoms with van der Waals surface area (Å²) in [5, 5.41) is 3.26. The molecular formula is C11H19N. The monoisotopic (exact) mass is 165 g/mol. The van der Waals surface area contributed by atoms with Gasteiger partial charge in [0.1, 0.15) is 0 Å². The lowest BCUT2D eigenvalue weighted by Gasteiger charge is -2.21. The molecule has 1 heteroatoms. The Balaban J connectivity index is 3.91. The van der Waals surface area contributed by atoms with E-state index in [0.717, 1.165) is 5.70 Å². The third-order valence-corrected chi connectivity index (χ3v) is 1.14. The number of nitrogens with one attached hydrogen (secondary N) is 1. The molecule has 0 saturated carbocycles. The van der Waals surface area contributed by atoms with Gasteiger partial charge in [0.25, 0.3) is 0 Å². The van der Waals surface area contributed by atoms with Gasteiger partial charge in [0, 0.05) is 11.2 Å². The maximum absolute atomic E-state index is 3.88. The zero-order valence-electron chi connectivity index (χ0n) is 8.52. The van der Waals surface area contributed by atoms with E-state index < -0.39 is 0 Å².